The van der Waals surface area contributed by atoms with Gasteiger partial charge in [-0.25, -0.2) is 9.97 Å². The summed E-state index contributed by atoms with van der Waals surface area (Å²) in [5.41, 5.74) is 0.942. The van der Waals surface area contributed by atoms with Crippen molar-refractivity contribution in [1.29, 1.82) is 0 Å². The minimum Gasteiger partial charge on any atom is -0.354 e. The number of aryl methyl sites for hydroxylation is 2. The molecule has 140 valence electrons. The lowest BCUT2D eigenvalue weighted by Crippen LogP contribution is -2.42. The third-order valence-corrected chi connectivity index (χ3v) is 4.57. The molecule has 5 nitrogen and oxygen atoms in total. The van der Waals surface area contributed by atoms with E-state index in [-0.39, 0.29) is 12.0 Å². The predicted molar refractivity (Wildman–Crippen MR) is 89.3 cm³/mol. The maximum Gasteiger partial charge on any atom is 0.389 e. The summed E-state index contributed by atoms with van der Waals surface area (Å²) in [6, 6.07) is -0.185. The predicted octanol–water partition coefficient (Wildman–Crippen LogP) is 3.01. The molecule has 0 spiro atoms. The first-order valence-corrected chi connectivity index (χ1v) is 8.48. The molecule has 0 aromatic carbocycles. The Bertz CT molecular complexity index is 618. The summed E-state index contributed by atoms with van der Waals surface area (Å²) in [6.07, 6.45) is -4.17. The molecule has 1 aromatic heterocycles. The average Bonchev–Trinajstić information content (AvgIpc) is 2.91. The van der Waals surface area contributed by atoms with E-state index in [1.54, 1.807) is 6.20 Å². The number of aromatic nitrogens is 2. The van der Waals surface area contributed by atoms with Crippen molar-refractivity contribution in [3.63, 3.8) is 0 Å². The molecule has 2 rings (SSSR count). The van der Waals surface area contributed by atoms with E-state index in [1.807, 2.05) is 13.8 Å². The third kappa shape index (κ3) is 5.31. The van der Waals surface area contributed by atoms with Crippen LogP contribution in [0.3, 0.4) is 0 Å². The Labute approximate surface area is 146 Å². The minimum absolute atomic E-state index is 0.157. The van der Waals surface area contributed by atoms with Crippen LogP contribution in [0.5, 0.6) is 0 Å². The monoisotopic (exact) mass is 358 g/mol. The van der Waals surface area contributed by atoms with Gasteiger partial charge in [0.1, 0.15) is 11.6 Å². The Morgan fingerprint density at radius 1 is 1.36 bits per heavy atom. The smallest absolute Gasteiger partial charge is 0.354 e. The van der Waals surface area contributed by atoms with Gasteiger partial charge in [0.25, 0.3) is 0 Å². The van der Waals surface area contributed by atoms with Crippen LogP contribution in [0.25, 0.3) is 0 Å². The third-order valence-electron chi connectivity index (χ3n) is 4.57. The van der Waals surface area contributed by atoms with E-state index in [9.17, 15) is 18.0 Å². The molecule has 25 heavy (non-hydrogen) atoms. The van der Waals surface area contributed by atoms with Crippen LogP contribution in [-0.2, 0) is 4.79 Å². The molecule has 2 atom stereocenters. The number of hydrogen-bond acceptors (Lipinski definition) is 4. The molecule has 1 aliphatic heterocycles. The lowest BCUT2D eigenvalue weighted by atomic mass is 9.91. The quantitative estimate of drug-likeness (QED) is 0.879. The highest BCUT2D eigenvalue weighted by Crippen LogP contribution is 2.29. The summed E-state index contributed by atoms with van der Waals surface area (Å²) in [4.78, 5) is 22.7. The topological polar surface area (TPSA) is 58.1 Å². The fourth-order valence-corrected chi connectivity index (χ4v) is 3.20. The van der Waals surface area contributed by atoms with Crippen LogP contribution >= 0.6 is 0 Å². The molecule has 1 aromatic rings. The maximum absolute atomic E-state index is 12.3. The van der Waals surface area contributed by atoms with Gasteiger partial charge in [-0.15, -0.1) is 0 Å². The molecular formula is C17H25F3N4O. The molecule has 2 heterocycles. The summed E-state index contributed by atoms with van der Waals surface area (Å²) in [7, 11) is 0. The molecular weight excluding hydrogens is 333 g/mol. The molecule has 0 bridgehead atoms. The second kappa shape index (κ2) is 7.58. The molecule has 0 saturated carbocycles. The lowest BCUT2D eigenvalue weighted by molar-refractivity contribution is -0.144. The Balaban J connectivity index is 2.07. The fraction of sp³-hybridized carbons (Fsp3) is 0.706. The van der Waals surface area contributed by atoms with Gasteiger partial charge in [0.05, 0.1) is 12.5 Å². The van der Waals surface area contributed by atoms with Crippen LogP contribution in [0.2, 0.25) is 0 Å². The van der Waals surface area contributed by atoms with Crippen molar-refractivity contribution in [1.82, 2.24) is 15.3 Å². The van der Waals surface area contributed by atoms with Gasteiger partial charge in [-0.3, -0.25) is 4.79 Å². The van der Waals surface area contributed by atoms with Crippen LogP contribution in [0, 0.1) is 25.7 Å². The zero-order chi connectivity index (χ0) is 18.8. The Morgan fingerprint density at radius 3 is 2.64 bits per heavy atom. The van der Waals surface area contributed by atoms with Gasteiger partial charge in [-0.2, -0.15) is 13.2 Å². The largest absolute Gasteiger partial charge is 0.389 e. The van der Waals surface area contributed by atoms with E-state index in [1.165, 1.54) is 0 Å². The summed E-state index contributed by atoms with van der Waals surface area (Å²) < 4.78 is 36.9. The summed E-state index contributed by atoms with van der Waals surface area (Å²) in [5, 5.41) is 2.79. The Morgan fingerprint density at radius 2 is 2.04 bits per heavy atom. The van der Waals surface area contributed by atoms with Crippen molar-refractivity contribution >= 4 is 11.7 Å². The molecule has 0 unspecified atom stereocenters. The first kappa shape index (κ1) is 19.5. The van der Waals surface area contributed by atoms with E-state index in [4.69, 9.17) is 0 Å². The zero-order valence-electron chi connectivity index (χ0n) is 15.0. The van der Waals surface area contributed by atoms with Gasteiger partial charge in [0, 0.05) is 37.2 Å². The average molecular weight is 358 g/mol. The minimum atomic E-state index is -4.31. The second-order valence-corrected chi connectivity index (χ2v) is 7.03. The Kier molecular flexibility index (Phi) is 5.90. The number of alkyl halides is 3. The summed E-state index contributed by atoms with van der Waals surface area (Å²) in [5.74, 6) is 1.39. The normalized spacial score (nSPS) is 21.0. The molecule has 1 saturated heterocycles. The molecule has 1 N–H and O–H groups in total. The fourth-order valence-electron chi connectivity index (χ4n) is 3.20. The highest BCUT2D eigenvalue weighted by atomic mass is 19.4. The van der Waals surface area contributed by atoms with Crippen LogP contribution in [-0.4, -0.2) is 41.2 Å². The lowest BCUT2D eigenvalue weighted by Gasteiger charge is -2.22. The van der Waals surface area contributed by atoms with Gasteiger partial charge in [-0.05, 0) is 19.8 Å². The van der Waals surface area contributed by atoms with Crippen LogP contribution in [0.1, 0.15) is 38.1 Å². The van der Waals surface area contributed by atoms with Gasteiger partial charge in [0.2, 0.25) is 5.91 Å². The maximum atomic E-state index is 12.3. The number of anilines is 1. The number of carbonyl (C=O) groups is 1. The van der Waals surface area contributed by atoms with Crippen LogP contribution in [0.15, 0.2) is 6.20 Å². The SMILES string of the molecule is Cc1ncc(C)c(N2C[C@@H](NC(=O)CCC(F)(F)F)[C@H](C(C)C)C2)n1. The number of hydrogen-bond donors (Lipinski definition) is 1. The van der Waals surface area contributed by atoms with Crippen molar-refractivity contribution in [2.75, 3.05) is 18.0 Å². The van der Waals surface area contributed by atoms with E-state index >= 15 is 0 Å². The van der Waals surface area contributed by atoms with Gasteiger partial charge in [0.15, 0.2) is 0 Å². The first-order valence-electron chi connectivity index (χ1n) is 8.48. The first-order chi connectivity index (χ1) is 11.6. The van der Waals surface area contributed by atoms with Crippen molar-refractivity contribution in [3.05, 3.63) is 17.6 Å². The number of rotatable bonds is 5. The summed E-state index contributed by atoms with van der Waals surface area (Å²) in [6.45, 7) is 9.10. The molecule has 1 aliphatic rings. The van der Waals surface area contributed by atoms with E-state index < -0.39 is 24.9 Å². The van der Waals surface area contributed by atoms with Crippen molar-refractivity contribution in [2.45, 2.75) is 52.8 Å². The summed E-state index contributed by atoms with van der Waals surface area (Å²) >= 11 is 0. The van der Waals surface area contributed by atoms with Gasteiger partial charge < -0.3 is 10.2 Å². The molecule has 1 fully saturated rings. The van der Waals surface area contributed by atoms with Crippen LogP contribution in [0.4, 0.5) is 19.0 Å². The molecule has 1 amide bonds. The number of amides is 1. The molecule has 8 heteroatoms. The molecule has 0 aliphatic carbocycles. The zero-order valence-corrected chi connectivity index (χ0v) is 15.0. The van der Waals surface area contributed by atoms with E-state index in [0.717, 1.165) is 11.4 Å². The number of carbonyl (C=O) groups excluding carboxylic acids is 1. The highest BCUT2D eigenvalue weighted by Gasteiger charge is 2.37. The van der Waals surface area contributed by atoms with Gasteiger partial charge in [-0.1, -0.05) is 13.8 Å². The van der Waals surface area contributed by atoms with Crippen molar-refractivity contribution in [3.8, 4) is 0 Å². The number of nitrogens with zero attached hydrogens (tertiary/aromatic N) is 3. The molecule has 0 radical (unpaired) electrons. The Hall–Kier alpha value is -1.86. The van der Waals surface area contributed by atoms with E-state index in [2.05, 4.69) is 34.0 Å². The van der Waals surface area contributed by atoms with Crippen LogP contribution < -0.4 is 10.2 Å². The van der Waals surface area contributed by atoms with E-state index in [0.29, 0.717) is 24.8 Å². The van der Waals surface area contributed by atoms with Crippen molar-refractivity contribution in [2.24, 2.45) is 11.8 Å². The second-order valence-electron chi connectivity index (χ2n) is 7.03. The van der Waals surface area contributed by atoms with Gasteiger partial charge >= 0.3 is 6.18 Å². The highest BCUT2D eigenvalue weighted by molar-refractivity contribution is 5.76. The number of halogens is 3. The standard InChI is InChI=1S/C17H25F3N4O/c1-10(2)13-8-24(16-11(3)7-21-12(4)22-16)9-14(13)23-15(25)5-6-17(18,19)20/h7,10,13-14H,5-6,8-9H2,1-4H3,(H,23,25)/t13-,14+/m0/s1. The van der Waals surface area contributed by atoms with Crippen molar-refractivity contribution < 1.29 is 18.0 Å². The number of nitrogens with one attached hydrogen (secondary N) is 1.